The Morgan fingerprint density at radius 1 is 1.32 bits per heavy atom. The number of rotatable bonds is 2. The minimum atomic E-state index is -0.317. The van der Waals surface area contributed by atoms with Crippen LogP contribution in [0.15, 0.2) is 28.9 Å². The summed E-state index contributed by atoms with van der Waals surface area (Å²) >= 11 is 9.56. The van der Waals surface area contributed by atoms with Crippen molar-refractivity contribution < 1.29 is 4.39 Å². The molecule has 0 saturated heterocycles. The van der Waals surface area contributed by atoms with Crippen LogP contribution in [0.5, 0.6) is 0 Å². The molecule has 0 spiro atoms. The molecule has 2 aromatic heterocycles. The average Bonchev–Trinajstić information content (AvgIpc) is 3.27. The molecule has 3 nitrogen and oxygen atoms in total. The first-order valence-corrected chi connectivity index (χ1v) is 8.22. The molecule has 1 fully saturated rings. The van der Waals surface area contributed by atoms with E-state index in [1.165, 1.54) is 6.07 Å². The van der Waals surface area contributed by atoms with E-state index in [0.717, 1.165) is 35.3 Å². The molecular weight excluding hydrogens is 369 g/mol. The summed E-state index contributed by atoms with van der Waals surface area (Å²) in [6, 6.07) is 5.08. The van der Waals surface area contributed by atoms with Crippen molar-refractivity contribution in [2.24, 2.45) is 0 Å². The lowest BCUT2D eigenvalue weighted by atomic mass is 10.2. The number of fused-ring (bicyclic) bond motifs is 1. The summed E-state index contributed by atoms with van der Waals surface area (Å²) in [4.78, 5) is 4.48. The summed E-state index contributed by atoms with van der Waals surface area (Å²) < 4.78 is 16.0. The van der Waals surface area contributed by atoms with Crippen LogP contribution in [-0.4, -0.2) is 14.8 Å². The lowest BCUT2D eigenvalue weighted by molar-refractivity contribution is 0.622. The topological polar surface area (TPSA) is 30.7 Å². The zero-order valence-corrected chi connectivity index (χ0v) is 14.1. The fourth-order valence-electron chi connectivity index (χ4n) is 2.67. The smallest absolute Gasteiger partial charge is 0.139 e. The first-order chi connectivity index (χ1) is 10.5. The molecule has 0 N–H and O–H groups in total. The molecule has 3 aromatic rings. The Balaban J connectivity index is 1.90. The number of benzene rings is 1. The van der Waals surface area contributed by atoms with Gasteiger partial charge in [0.15, 0.2) is 0 Å². The summed E-state index contributed by atoms with van der Waals surface area (Å²) in [6.45, 7) is 1.90. The van der Waals surface area contributed by atoms with E-state index in [1.807, 2.05) is 13.0 Å². The van der Waals surface area contributed by atoms with E-state index >= 15 is 0 Å². The molecule has 0 amide bonds. The van der Waals surface area contributed by atoms with Gasteiger partial charge in [-0.15, -0.1) is 0 Å². The SMILES string of the molecule is Cc1nn(-c2cnc(C3CC3)c(Cl)c2)c2cc(F)c(Br)cc12. The first kappa shape index (κ1) is 14.2. The molecular formula is C16H12BrClFN3. The molecule has 0 bridgehead atoms. The number of hydrogen-bond acceptors (Lipinski definition) is 2. The van der Waals surface area contributed by atoms with Gasteiger partial charge >= 0.3 is 0 Å². The minimum Gasteiger partial charge on any atom is -0.257 e. The van der Waals surface area contributed by atoms with Crippen molar-refractivity contribution in [1.82, 2.24) is 14.8 Å². The molecule has 6 heteroatoms. The molecule has 1 aromatic carbocycles. The van der Waals surface area contributed by atoms with Crippen LogP contribution in [0.1, 0.15) is 30.1 Å². The molecule has 1 saturated carbocycles. The van der Waals surface area contributed by atoms with Gasteiger partial charge in [-0.05, 0) is 47.8 Å². The molecule has 1 aliphatic carbocycles. The molecule has 0 radical (unpaired) electrons. The van der Waals surface area contributed by atoms with Gasteiger partial charge in [0, 0.05) is 17.4 Å². The second-order valence-electron chi connectivity index (χ2n) is 5.62. The Labute approximate surface area is 140 Å². The predicted molar refractivity (Wildman–Crippen MR) is 88.2 cm³/mol. The lowest BCUT2D eigenvalue weighted by Gasteiger charge is -2.07. The second kappa shape index (κ2) is 5.03. The molecule has 22 heavy (non-hydrogen) atoms. The Kier molecular flexibility index (Phi) is 3.24. The van der Waals surface area contributed by atoms with E-state index in [1.54, 1.807) is 16.9 Å². The highest BCUT2D eigenvalue weighted by molar-refractivity contribution is 9.10. The van der Waals surface area contributed by atoms with E-state index in [0.29, 0.717) is 20.9 Å². The minimum absolute atomic E-state index is 0.317. The Bertz CT molecular complexity index is 902. The van der Waals surface area contributed by atoms with Crippen molar-refractivity contribution in [3.8, 4) is 5.69 Å². The second-order valence-corrected chi connectivity index (χ2v) is 6.88. The normalized spacial score (nSPS) is 14.7. The van der Waals surface area contributed by atoms with Crippen LogP contribution >= 0.6 is 27.5 Å². The van der Waals surface area contributed by atoms with Crippen molar-refractivity contribution in [3.63, 3.8) is 0 Å². The van der Waals surface area contributed by atoms with Gasteiger partial charge in [-0.1, -0.05) is 11.6 Å². The number of aromatic nitrogens is 3. The zero-order chi connectivity index (χ0) is 15.4. The molecule has 4 rings (SSSR count). The van der Waals surface area contributed by atoms with E-state index in [4.69, 9.17) is 11.6 Å². The molecule has 0 atom stereocenters. The maximum atomic E-state index is 13.9. The fraction of sp³-hybridized carbons (Fsp3) is 0.250. The molecule has 112 valence electrons. The third-order valence-electron chi connectivity index (χ3n) is 3.97. The van der Waals surface area contributed by atoms with Crippen molar-refractivity contribution in [3.05, 3.63) is 51.1 Å². The van der Waals surface area contributed by atoms with Crippen molar-refractivity contribution in [1.29, 1.82) is 0 Å². The Morgan fingerprint density at radius 3 is 2.77 bits per heavy atom. The summed E-state index contributed by atoms with van der Waals surface area (Å²) in [5, 5.41) is 6.05. The van der Waals surface area contributed by atoms with Crippen molar-refractivity contribution >= 4 is 38.4 Å². The summed E-state index contributed by atoms with van der Waals surface area (Å²) in [5.41, 5.74) is 3.23. The standard InChI is InChI=1S/C16H12BrClFN3/c1-8-11-5-12(17)14(19)6-15(11)22(21-8)10-4-13(18)16(20-7-10)9-2-3-9/h4-7,9H,2-3H2,1H3. The number of nitrogens with zero attached hydrogens (tertiary/aromatic N) is 3. The van der Waals surface area contributed by atoms with Crippen LogP contribution < -0.4 is 0 Å². The number of aryl methyl sites for hydroxylation is 1. The van der Waals surface area contributed by atoms with E-state index in [9.17, 15) is 4.39 Å². The molecule has 1 aliphatic rings. The highest BCUT2D eigenvalue weighted by Gasteiger charge is 2.27. The maximum Gasteiger partial charge on any atom is 0.139 e. The lowest BCUT2D eigenvalue weighted by Crippen LogP contribution is -1.99. The summed E-state index contributed by atoms with van der Waals surface area (Å²) in [7, 11) is 0. The Hall–Kier alpha value is -1.46. The third kappa shape index (κ3) is 2.23. The largest absolute Gasteiger partial charge is 0.257 e. The van der Waals surface area contributed by atoms with Gasteiger partial charge in [0.2, 0.25) is 0 Å². The summed E-state index contributed by atoms with van der Waals surface area (Å²) in [6.07, 6.45) is 4.05. The third-order valence-corrected chi connectivity index (χ3v) is 4.88. The van der Waals surface area contributed by atoms with E-state index < -0.39 is 0 Å². The van der Waals surface area contributed by atoms with Crippen LogP contribution in [0.25, 0.3) is 16.6 Å². The van der Waals surface area contributed by atoms with Crippen LogP contribution in [0.3, 0.4) is 0 Å². The summed E-state index contributed by atoms with van der Waals surface area (Å²) in [5.74, 6) is 0.174. The van der Waals surface area contributed by atoms with Gasteiger partial charge in [-0.25, -0.2) is 9.07 Å². The first-order valence-electron chi connectivity index (χ1n) is 7.05. The highest BCUT2D eigenvalue weighted by atomic mass is 79.9. The average molecular weight is 381 g/mol. The van der Waals surface area contributed by atoms with Gasteiger partial charge in [0.05, 0.1) is 38.3 Å². The zero-order valence-electron chi connectivity index (χ0n) is 11.8. The van der Waals surface area contributed by atoms with Gasteiger partial charge in [-0.2, -0.15) is 5.10 Å². The van der Waals surface area contributed by atoms with Gasteiger partial charge in [0.25, 0.3) is 0 Å². The maximum absolute atomic E-state index is 13.9. The van der Waals surface area contributed by atoms with Crippen LogP contribution in [0.2, 0.25) is 5.02 Å². The van der Waals surface area contributed by atoms with Crippen molar-refractivity contribution in [2.45, 2.75) is 25.7 Å². The van der Waals surface area contributed by atoms with Gasteiger partial charge < -0.3 is 0 Å². The van der Waals surface area contributed by atoms with E-state index in [-0.39, 0.29) is 5.82 Å². The fourth-order valence-corrected chi connectivity index (χ4v) is 3.33. The van der Waals surface area contributed by atoms with E-state index in [2.05, 4.69) is 26.0 Å². The van der Waals surface area contributed by atoms with Crippen LogP contribution in [0.4, 0.5) is 4.39 Å². The van der Waals surface area contributed by atoms with Gasteiger partial charge in [0.1, 0.15) is 5.82 Å². The van der Waals surface area contributed by atoms with Gasteiger partial charge in [-0.3, -0.25) is 4.98 Å². The van der Waals surface area contributed by atoms with Crippen LogP contribution in [-0.2, 0) is 0 Å². The quantitative estimate of drug-likeness (QED) is 0.615. The number of pyridine rings is 1. The monoisotopic (exact) mass is 379 g/mol. The molecule has 0 aliphatic heterocycles. The molecule has 2 heterocycles. The number of halogens is 3. The Morgan fingerprint density at radius 2 is 2.09 bits per heavy atom. The highest BCUT2D eigenvalue weighted by Crippen LogP contribution is 2.42. The predicted octanol–water partition coefficient (Wildman–Crippen LogP) is 5.16. The van der Waals surface area contributed by atoms with Crippen LogP contribution in [0, 0.1) is 12.7 Å². The number of hydrogen-bond donors (Lipinski definition) is 0. The molecule has 0 unspecified atom stereocenters. The van der Waals surface area contributed by atoms with Crippen molar-refractivity contribution in [2.75, 3.05) is 0 Å².